The van der Waals surface area contributed by atoms with Crippen LogP contribution < -0.4 is 10.1 Å². The van der Waals surface area contributed by atoms with Crippen LogP contribution in [0.5, 0.6) is 5.75 Å². The molecule has 3 nitrogen and oxygen atoms in total. The van der Waals surface area contributed by atoms with Crippen LogP contribution in [0.3, 0.4) is 0 Å². The Labute approximate surface area is 241 Å². The number of furan rings is 1. The van der Waals surface area contributed by atoms with Gasteiger partial charge in [-0.3, -0.25) is 0 Å². The van der Waals surface area contributed by atoms with Crippen molar-refractivity contribution in [2.24, 2.45) is 0 Å². The highest BCUT2D eigenvalue weighted by Crippen LogP contribution is 2.51. The molecule has 196 valence electrons. The van der Waals surface area contributed by atoms with E-state index in [9.17, 15) is 0 Å². The van der Waals surface area contributed by atoms with Crippen LogP contribution in [0, 0.1) is 0 Å². The van der Waals surface area contributed by atoms with Gasteiger partial charge in [-0.2, -0.15) is 0 Å². The van der Waals surface area contributed by atoms with Crippen LogP contribution in [0.25, 0.3) is 76.9 Å². The lowest BCUT2D eigenvalue weighted by molar-refractivity contribution is 0.262. The molecule has 1 aliphatic carbocycles. The van der Waals surface area contributed by atoms with Crippen LogP contribution in [-0.2, 0) is 0 Å². The Balaban J connectivity index is 1.04. The SMILES string of the molecule is c1ccc2c3c(ccc2c1)NC(c1ccc(-c2ccc4c(c2)-c2cc5oc6ccccc6c5c5cccc-4c25)cc1)O3. The van der Waals surface area contributed by atoms with Gasteiger partial charge >= 0.3 is 0 Å². The van der Waals surface area contributed by atoms with Gasteiger partial charge in [-0.1, -0.05) is 103 Å². The lowest BCUT2D eigenvalue weighted by Crippen LogP contribution is -2.09. The Bertz CT molecular complexity index is 2420. The van der Waals surface area contributed by atoms with Gasteiger partial charge in [0.05, 0.1) is 5.69 Å². The molecule has 0 fully saturated rings. The Morgan fingerprint density at radius 1 is 0.500 bits per heavy atom. The number of nitrogens with one attached hydrogen (secondary N) is 1. The van der Waals surface area contributed by atoms with E-state index < -0.39 is 0 Å². The van der Waals surface area contributed by atoms with Crippen molar-refractivity contribution in [3.63, 3.8) is 0 Å². The quantitative estimate of drug-likeness (QED) is 0.238. The molecule has 8 aromatic rings. The van der Waals surface area contributed by atoms with E-state index in [1.165, 1.54) is 60.3 Å². The predicted octanol–water partition coefficient (Wildman–Crippen LogP) is 10.7. The zero-order valence-corrected chi connectivity index (χ0v) is 22.5. The molecular formula is C39H23NO2. The fraction of sp³-hybridized carbons (Fsp3) is 0.0256. The first-order valence-electron chi connectivity index (χ1n) is 14.4. The lowest BCUT2D eigenvalue weighted by atomic mass is 9.96. The smallest absolute Gasteiger partial charge is 0.196 e. The van der Waals surface area contributed by atoms with Gasteiger partial charge in [-0.05, 0) is 73.8 Å². The topological polar surface area (TPSA) is 34.4 Å². The van der Waals surface area contributed by atoms with Gasteiger partial charge in [0, 0.05) is 21.7 Å². The Morgan fingerprint density at radius 3 is 2.24 bits per heavy atom. The first kappa shape index (κ1) is 22.2. The normalized spacial score (nSPS) is 14.8. The molecule has 2 heterocycles. The average molecular weight is 538 g/mol. The highest BCUT2D eigenvalue weighted by molar-refractivity contribution is 6.28. The van der Waals surface area contributed by atoms with Crippen molar-refractivity contribution < 1.29 is 9.15 Å². The molecule has 0 radical (unpaired) electrons. The van der Waals surface area contributed by atoms with Gasteiger partial charge in [-0.25, -0.2) is 0 Å². The minimum Gasteiger partial charge on any atom is -0.464 e. The van der Waals surface area contributed by atoms with Crippen molar-refractivity contribution >= 4 is 49.2 Å². The molecule has 0 saturated carbocycles. The predicted molar refractivity (Wildman–Crippen MR) is 172 cm³/mol. The second-order valence-corrected chi connectivity index (χ2v) is 11.3. The molecule has 1 N–H and O–H groups in total. The summed E-state index contributed by atoms with van der Waals surface area (Å²) in [5.41, 5.74) is 11.5. The molecule has 0 saturated heterocycles. The average Bonchev–Trinajstić information content (AvgIpc) is 3.74. The molecule has 0 spiro atoms. The van der Waals surface area contributed by atoms with Crippen LogP contribution in [0.2, 0.25) is 0 Å². The fourth-order valence-corrected chi connectivity index (χ4v) is 7.09. The molecule has 2 aliphatic rings. The van der Waals surface area contributed by atoms with E-state index >= 15 is 0 Å². The molecule has 1 unspecified atom stereocenters. The van der Waals surface area contributed by atoms with Gasteiger partial charge in [0.15, 0.2) is 12.0 Å². The van der Waals surface area contributed by atoms with Crippen molar-refractivity contribution in [2.75, 3.05) is 5.32 Å². The summed E-state index contributed by atoms with van der Waals surface area (Å²) >= 11 is 0. The molecular weight excluding hydrogens is 514 g/mol. The second-order valence-electron chi connectivity index (χ2n) is 11.3. The van der Waals surface area contributed by atoms with E-state index in [1.807, 2.05) is 6.07 Å². The third-order valence-electron chi connectivity index (χ3n) is 9.05. The van der Waals surface area contributed by atoms with Crippen molar-refractivity contribution in [1.29, 1.82) is 0 Å². The zero-order chi connectivity index (χ0) is 27.4. The van der Waals surface area contributed by atoms with Crippen LogP contribution >= 0.6 is 0 Å². The van der Waals surface area contributed by atoms with Crippen molar-refractivity contribution in [1.82, 2.24) is 0 Å². The first-order valence-corrected chi connectivity index (χ1v) is 14.4. The summed E-state index contributed by atoms with van der Waals surface area (Å²) in [6.45, 7) is 0. The van der Waals surface area contributed by atoms with Crippen LogP contribution in [0.15, 0.2) is 132 Å². The highest BCUT2D eigenvalue weighted by Gasteiger charge is 2.27. The number of rotatable bonds is 2. The van der Waals surface area contributed by atoms with Gasteiger partial charge in [0.1, 0.15) is 11.2 Å². The number of anilines is 1. The van der Waals surface area contributed by atoms with Crippen LogP contribution in [0.4, 0.5) is 5.69 Å². The molecule has 0 bridgehead atoms. The molecule has 0 amide bonds. The van der Waals surface area contributed by atoms with E-state index in [4.69, 9.17) is 9.15 Å². The number of fused-ring (bicyclic) bond motifs is 10. The Kier molecular flexibility index (Phi) is 4.24. The third-order valence-corrected chi connectivity index (χ3v) is 9.05. The standard InChI is InChI=1S/C39H23NO2/c1-2-7-26-23(6-1)17-19-33-38(26)42-39(40-33)24-14-12-22(13-15-24)25-16-18-27-28-9-5-10-30-36(28)32(31(27)20-25)21-35-37(30)29-8-3-4-11-34(29)41-35/h1-21,39-40H. The summed E-state index contributed by atoms with van der Waals surface area (Å²) in [4.78, 5) is 0. The Morgan fingerprint density at radius 2 is 1.31 bits per heavy atom. The van der Waals surface area contributed by atoms with Crippen molar-refractivity contribution in [2.45, 2.75) is 6.23 Å². The largest absolute Gasteiger partial charge is 0.464 e. The molecule has 1 aliphatic heterocycles. The fourth-order valence-electron chi connectivity index (χ4n) is 7.09. The highest BCUT2D eigenvalue weighted by atomic mass is 16.5. The number of hydrogen-bond acceptors (Lipinski definition) is 3. The minimum absolute atomic E-state index is 0.210. The third kappa shape index (κ3) is 2.94. The molecule has 10 rings (SSSR count). The minimum atomic E-state index is -0.210. The van der Waals surface area contributed by atoms with Gasteiger partial charge < -0.3 is 14.5 Å². The van der Waals surface area contributed by atoms with Gasteiger partial charge in [0.25, 0.3) is 0 Å². The molecule has 42 heavy (non-hydrogen) atoms. The van der Waals surface area contributed by atoms with E-state index in [0.29, 0.717) is 0 Å². The number of benzene rings is 7. The van der Waals surface area contributed by atoms with E-state index in [2.05, 4.69) is 127 Å². The lowest BCUT2D eigenvalue weighted by Gasteiger charge is -2.13. The summed E-state index contributed by atoms with van der Waals surface area (Å²) in [6.07, 6.45) is -0.210. The van der Waals surface area contributed by atoms with E-state index in [-0.39, 0.29) is 6.23 Å². The maximum absolute atomic E-state index is 6.42. The second kappa shape index (κ2) is 8.02. The summed E-state index contributed by atoms with van der Waals surface area (Å²) in [6, 6.07) is 45.4. The monoisotopic (exact) mass is 537 g/mol. The zero-order valence-electron chi connectivity index (χ0n) is 22.5. The van der Waals surface area contributed by atoms with Crippen molar-refractivity contribution in [3.8, 4) is 39.1 Å². The van der Waals surface area contributed by atoms with Gasteiger partial charge in [-0.15, -0.1) is 0 Å². The molecule has 1 atom stereocenters. The van der Waals surface area contributed by atoms with Crippen LogP contribution in [0.1, 0.15) is 11.8 Å². The maximum Gasteiger partial charge on any atom is 0.196 e. The molecule has 7 aromatic carbocycles. The van der Waals surface area contributed by atoms with Crippen molar-refractivity contribution in [3.05, 3.63) is 133 Å². The van der Waals surface area contributed by atoms with E-state index in [1.54, 1.807) is 0 Å². The molecule has 3 heteroatoms. The Hall–Kier alpha value is -5.54. The summed E-state index contributed by atoms with van der Waals surface area (Å²) < 4.78 is 12.8. The molecule has 1 aromatic heterocycles. The summed E-state index contributed by atoms with van der Waals surface area (Å²) in [7, 11) is 0. The number of ether oxygens (including phenoxy) is 1. The van der Waals surface area contributed by atoms with Gasteiger partial charge in [0.2, 0.25) is 0 Å². The van der Waals surface area contributed by atoms with Crippen LogP contribution in [-0.4, -0.2) is 0 Å². The number of hydrogen-bond donors (Lipinski definition) is 1. The summed E-state index contributed by atoms with van der Waals surface area (Å²) in [5, 5.41) is 10.8. The number of para-hydroxylation sites is 1. The van der Waals surface area contributed by atoms with E-state index in [0.717, 1.165) is 33.6 Å². The maximum atomic E-state index is 6.42. The first-order chi connectivity index (χ1) is 20.8. The summed E-state index contributed by atoms with van der Waals surface area (Å²) in [5.74, 6) is 0.924.